The molecule has 24 valence electrons. The molecule has 5 heavy (non-hydrogen) atoms. The summed E-state index contributed by atoms with van der Waals surface area (Å²) in [5, 5.41) is 0. The normalized spacial score (nSPS) is 4.80. The molecule has 0 spiro atoms. The van der Waals surface area contributed by atoms with Crippen molar-refractivity contribution < 1.29 is 18.9 Å². The molecule has 0 aliphatic carbocycles. The molecule has 0 aromatic heterocycles. The SMILES string of the molecule is [CH2-]C(N)=S.[Li+]. The van der Waals surface area contributed by atoms with Crippen LogP contribution in [0.3, 0.4) is 0 Å². The van der Waals surface area contributed by atoms with Crippen LogP contribution >= 0.6 is 12.2 Å². The summed E-state index contributed by atoms with van der Waals surface area (Å²) in [4.78, 5) is 0.250. The van der Waals surface area contributed by atoms with Gasteiger partial charge in [-0.05, 0) is 0 Å². The van der Waals surface area contributed by atoms with Crippen LogP contribution in [0.15, 0.2) is 0 Å². The predicted octanol–water partition coefficient (Wildman–Crippen LogP) is -2.89. The van der Waals surface area contributed by atoms with Crippen molar-refractivity contribution in [3.63, 3.8) is 0 Å². The quantitative estimate of drug-likeness (QED) is 0.192. The van der Waals surface area contributed by atoms with E-state index in [0.717, 1.165) is 0 Å². The van der Waals surface area contributed by atoms with E-state index in [9.17, 15) is 0 Å². The minimum absolute atomic E-state index is 0. The molecule has 0 atom stereocenters. The number of rotatable bonds is 0. The standard InChI is InChI=1S/C2H4NS.Li/c1-2(3)4;/h1H2,(H2,3,4);/q-1;+1. The number of hydrogen-bond donors (Lipinski definition) is 1. The molecular weight excluding hydrogens is 77.0 g/mol. The van der Waals surface area contributed by atoms with Crippen LogP contribution in [-0.2, 0) is 0 Å². The Kier molecular flexibility index (Phi) is 7.86. The van der Waals surface area contributed by atoms with Crippen molar-refractivity contribution in [2.45, 2.75) is 0 Å². The van der Waals surface area contributed by atoms with Gasteiger partial charge in [-0.1, -0.05) is 4.99 Å². The van der Waals surface area contributed by atoms with Crippen molar-refractivity contribution in [3.8, 4) is 0 Å². The van der Waals surface area contributed by atoms with Crippen LogP contribution in [0, 0.1) is 6.92 Å². The Morgan fingerprint density at radius 3 is 1.80 bits per heavy atom. The maximum Gasteiger partial charge on any atom is 1.00 e. The van der Waals surface area contributed by atoms with E-state index in [2.05, 4.69) is 19.1 Å². The zero-order chi connectivity index (χ0) is 3.58. The fraction of sp³-hybridized carbons (Fsp3) is 0. The van der Waals surface area contributed by atoms with E-state index in [1.165, 1.54) is 0 Å². The first kappa shape index (κ1) is 9.02. The van der Waals surface area contributed by atoms with E-state index >= 15 is 0 Å². The summed E-state index contributed by atoms with van der Waals surface area (Å²) in [6.45, 7) is 3.15. The summed E-state index contributed by atoms with van der Waals surface area (Å²) in [7, 11) is 0. The molecule has 0 saturated heterocycles. The third-order valence-corrected chi connectivity index (χ3v) is 0. The van der Waals surface area contributed by atoms with Gasteiger partial charge in [0.25, 0.3) is 0 Å². The zero-order valence-electron chi connectivity index (χ0n) is 3.19. The summed E-state index contributed by atoms with van der Waals surface area (Å²) in [6, 6.07) is 0. The van der Waals surface area contributed by atoms with E-state index in [4.69, 9.17) is 5.73 Å². The fourth-order valence-corrected chi connectivity index (χ4v) is 0. The van der Waals surface area contributed by atoms with Gasteiger partial charge >= 0.3 is 18.9 Å². The van der Waals surface area contributed by atoms with Gasteiger partial charge in [0, 0.05) is 0 Å². The molecule has 0 unspecified atom stereocenters. The maximum atomic E-state index is 4.73. The van der Waals surface area contributed by atoms with E-state index in [0.29, 0.717) is 0 Å². The summed E-state index contributed by atoms with van der Waals surface area (Å²) < 4.78 is 0. The van der Waals surface area contributed by atoms with E-state index in [1.54, 1.807) is 0 Å². The average molecular weight is 81.1 g/mol. The van der Waals surface area contributed by atoms with Crippen LogP contribution in [0.25, 0.3) is 0 Å². The van der Waals surface area contributed by atoms with Crippen molar-refractivity contribution in [1.29, 1.82) is 0 Å². The second kappa shape index (κ2) is 4.36. The molecule has 0 bridgehead atoms. The molecule has 0 heterocycles. The minimum Gasteiger partial charge on any atom is -0.418 e. The second-order valence-electron chi connectivity index (χ2n) is 0.466. The smallest absolute Gasteiger partial charge is 0.418 e. The molecule has 0 aliphatic heterocycles. The minimum atomic E-state index is 0. The van der Waals surface area contributed by atoms with Crippen LogP contribution < -0.4 is 24.6 Å². The van der Waals surface area contributed by atoms with Gasteiger partial charge in [-0.2, -0.15) is 0 Å². The zero-order valence-corrected chi connectivity index (χ0v) is 4.01. The largest absolute Gasteiger partial charge is 1.00 e. The molecule has 0 aromatic rings. The molecule has 0 amide bonds. The Labute approximate surface area is 49.1 Å². The second-order valence-corrected chi connectivity index (χ2v) is 0.991. The van der Waals surface area contributed by atoms with Gasteiger partial charge < -0.3 is 12.7 Å². The van der Waals surface area contributed by atoms with Gasteiger partial charge in [0.2, 0.25) is 0 Å². The molecule has 2 N–H and O–H groups in total. The Bertz CT molecular complexity index is 32.6. The monoisotopic (exact) mass is 81.0 g/mol. The molecular formula is C2H4LiNS. The molecule has 0 rings (SSSR count). The molecule has 0 aromatic carbocycles. The molecule has 0 saturated carbocycles. The van der Waals surface area contributed by atoms with E-state index in [-0.39, 0.29) is 23.8 Å². The van der Waals surface area contributed by atoms with Gasteiger partial charge in [-0.15, -0.1) is 12.2 Å². The number of thiocarbonyl (C=S) groups is 1. The van der Waals surface area contributed by atoms with Crippen molar-refractivity contribution in [2.24, 2.45) is 5.73 Å². The van der Waals surface area contributed by atoms with Gasteiger partial charge in [0.15, 0.2) is 0 Å². The van der Waals surface area contributed by atoms with Crippen LogP contribution in [0.1, 0.15) is 0 Å². The van der Waals surface area contributed by atoms with Crippen molar-refractivity contribution in [3.05, 3.63) is 6.92 Å². The molecule has 3 heteroatoms. The third-order valence-electron chi connectivity index (χ3n) is 0. The Hall–Kier alpha value is 0.357. The van der Waals surface area contributed by atoms with Crippen molar-refractivity contribution in [1.82, 2.24) is 0 Å². The maximum absolute atomic E-state index is 4.73. The summed E-state index contributed by atoms with van der Waals surface area (Å²) >= 11 is 4.20. The van der Waals surface area contributed by atoms with Crippen LogP contribution in [0.5, 0.6) is 0 Å². The predicted molar refractivity (Wildman–Crippen MR) is 22.1 cm³/mol. The summed E-state index contributed by atoms with van der Waals surface area (Å²) in [5.74, 6) is 0. The van der Waals surface area contributed by atoms with Gasteiger partial charge in [-0.3, -0.25) is 0 Å². The van der Waals surface area contributed by atoms with Crippen LogP contribution in [-0.4, -0.2) is 4.99 Å². The number of hydrogen-bond acceptors (Lipinski definition) is 1. The first-order chi connectivity index (χ1) is 1.73. The van der Waals surface area contributed by atoms with Gasteiger partial charge in [-0.25, -0.2) is 0 Å². The molecule has 0 radical (unpaired) electrons. The molecule has 0 aliphatic rings. The summed E-state index contributed by atoms with van der Waals surface area (Å²) in [5.41, 5.74) is 4.73. The Balaban J connectivity index is 0. The first-order valence-corrected chi connectivity index (χ1v) is 1.25. The van der Waals surface area contributed by atoms with Crippen LogP contribution in [0.2, 0.25) is 0 Å². The van der Waals surface area contributed by atoms with Gasteiger partial charge in [0.05, 0.1) is 0 Å². The van der Waals surface area contributed by atoms with E-state index in [1.807, 2.05) is 0 Å². The van der Waals surface area contributed by atoms with Gasteiger partial charge in [0.1, 0.15) is 0 Å². The van der Waals surface area contributed by atoms with Crippen LogP contribution in [0.4, 0.5) is 0 Å². The third kappa shape index (κ3) is 190. The molecule has 0 fully saturated rings. The average Bonchev–Trinajstić information content (AvgIpc) is 0.811. The Morgan fingerprint density at radius 1 is 1.80 bits per heavy atom. The fourth-order valence-electron chi connectivity index (χ4n) is 0. The first-order valence-electron chi connectivity index (χ1n) is 0.846. The number of nitrogens with two attached hydrogens (primary N) is 1. The Morgan fingerprint density at radius 2 is 1.80 bits per heavy atom. The van der Waals surface area contributed by atoms with Crippen molar-refractivity contribution >= 4 is 17.2 Å². The van der Waals surface area contributed by atoms with E-state index < -0.39 is 0 Å². The summed E-state index contributed by atoms with van der Waals surface area (Å²) in [6.07, 6.45) is 0. The van der Waals surface area contributed by atoms with Crippen molar-refractivity contribution in [2.75, 3.05) is 0 Å². The molecule has 1 nitrogen and oxygen atoms in total. The topological polar surface area (TPSA) is 26.0 Å².